The number of hydrogen-bond acceptors (Lipinski definition) is 4. The first-order chi connectivity index (χ1) is 18.9. The van der Waals surface area contributed by atoms with Gasteiger partial charge in [0.25, 0.3) is 0 Å². The molecule has 2 aliphatic heterocycles. The molecule has 0 unspecified atom stereocenters. The van der Waals surface area contributed by atoms with Crippen LogP contribution in [0.3, 0.4) is 0 Å². The number of piperazine rings is 1. The molecule has 1 saturated carbocycles. The Morgan fingerprint density at radius 3 is 2.35 bits per heavy atom. The van der Waals surface area contributed by atoms with Crippen LogP contribution in [0.25, 0.3) is 0 Å². The second kappa shape index (κ2) is 11.4. The Balaban J connectivity index is 1.28. The summed E-state index contributed by atoms with van der Waals surface area (Å²) in [4.78, 5) is 19.6. The van der Waals surface area contributed by atoms with Gasteiger partial charge in [-0.15, -0.1) is 0 Å². The van der Waals surface area contributed by atoms with Crippen molar-refractivity contribution in [3.63, 3.8) is 0 Å². The minimum absolute atomic E-state index is 0.194. The molecule has 2 saturated heterocycles. The summed E-state index contributed by atoms with van der Waals surface area (Å²) in [5, 5.41) is 0. The van der Waals surface area contributed by atoms with Gasteiger partial charge in [-0.1, -0.05) is 44.2 Å². The summed E-state index contributed by atoms with van der Waals surface area (Å²) in [7, 11) is 0. The van der Waals surface area contributed by atoms with Crippen molar-refractivity contribution in [2.45, 2.75) is 90.4 Å². The number of piperidine rings is 1. The molecule has 218 valence electrons. The fraction of sp³-hybridized carbons (Fsp3) is 0.606. The molecule has 0 bridgehead atoms. The van der Waals surface area contributed by atoms with Gasteiger partial charge in [-0.05, 0) is 86.6 Å². The van der Waals surface area contributed by atoms with Gasteiger partial charge in [0.05, 0.1) is 0 Å². The van der Waals surface area contributed by atoms with Gasteiger partial charge in [0.1, 0.15) is 5.60 Å². The summed E-state index contributed by atoms with van der Waals surface area (Å²) in [5.74, 6) is -1.16. The number of carbonyl (C=O) groups excluding carboxylic acids is 1. The third-order valence-corrected chi connectivity index (χ3v) is 9.16. The maximum Gasteiger partial charge on any atom is 0.410 e. The molecule has 3 fully saturated rings. The van der Waals surface area contributed by atoms with Gasteiger partial charge < -0.3 is 9.64 Å². The van der Waals surface area contributed by atoms with E-state index in [-0.39, 0.29) is 12.1 Å². The first kappa shape index (κ1) is 29.0. The predicted molar refractivity (Wildman–Crippen MR) is 154 cm³/mol. The normalized spacial score (nSPS) is 22.5. The minimum Gasteiger partial charge on any atom is -0.444 e. The van der Waals surface area contributed by atoms with Crippen LogP contribution in [0, 0.1) is 17.0 Å². The van der Waals surface area contributed by atoms with Gasteiger partial charge in [0.2, 0.25) is 0 Å². The summed E-state index contributed by atoms with van der Waals surface area (Å²) < 4.78 is 33.1. The van der Waals surface area contributed by atoms with E-state index in [0.29, 0.717) is 23.9 Å². The third kappa shape index (κ3) is 6.36. The SMILES string of the molecule is CC(C)c1ccccc1[C@@H]1CN(Cc2ccc(F)c(F)c2)CCN1C1CC2(CCN(C(=O)OC(C)(C)C)CC2)C1. The van der Waals surface area contributed by atoms with E-state index >= 15 is 0 Å². The molecule has 3 aliphatic rings. The molecule has 0 radical (unpaired) electrons. The van der Waals surface area contributed by atoms with Crippen molar-refractivity contribution < 1.29 is 18.3 Å². The molecule has 1 spiro atoms. The zero-order valence-electron chi connectivity index (χ0n) is 24.8. The van der Waals surface area contributed by atoms with E-state index in [1.165, 1.54) is 36.1 Å². The van der Waals surface area contributed by atoms with E-state index in [0.717, 1.165) is 51.1 Å². The summed E-state index contributed by atoms with van der Waals surface area (Å²) >= 11 is 0. The maximum atomic E-state index is 13.9. The Morgan fingerprint density at radius 1 is 1.00 bits per heavy atom. The molecule has 0 N–H and O–H groups in total. The number of rotatable bonds is 5. The van der Waals surface area contributed by atoms with Crippen LogP contribution in [0.4, 0.5) is 13.6 Å². The third-order valence-electron chi connectivity index (χ3n) is 9.16. The van der Waals surface area contributed by atoms with Crippen molar-refractivity contribution in [2.75, 3.05) is 32.7 Å². The topological polar surface area (TPSA) is 36.0 Å². The number of amides is 1. The highest BCUT2D eigenvalue weighted by molar-refractivity contribution is 5.68. The second-order valence-corrected chi connectivity index (χ2v) is 13.6. The molecule has 2 aromatic carbocycles. The van der Waals surface area contributed by atoms with Gasteiger partial charge in [0.15, 0.2) is 11.6 Å². The van der Waals surface area contributed by atoms with Crippen molar-refractivity contribution in [1.29, 1.82) is 0 Å². The molecule has 5 nitrogen and oxygen atoms in total. The lowest BCUT2D eigenvalue weighted by molar-refractivity contribution is -0.0782. The largest absolute Gasteiger partial charge is 0.444 e. The zero-order chi connectivity index (χ0) is 28.7. The van der Waals surface area contributed by atoms with Crippen LogP contribution in [0.2, 0.25) is 0 Å². The van der Waals surface area contributed by atoms with E-state index in [1.807, 2.05) is 25.7 Å². The van der Waals surface area contributed by atoms with Gasteiger partial charge in [-0.3, -0.25) is 9.80 Å². The summed E-state index contributed by atoms with van der Waals surface area (Å²) in [5.41, 5.74) is 3.42. The fourth-order valence-electron chi connectivity index (χ4n) is 7.02. The lowest BCUT2D eigenvalue weighted by Gasteiger charge is -2.58. The maximum absolute atomic E-state index is 13.9. The van der Waals surface area contributed by atoms with Crippen LogP contribution in [-0.4, -0.2) is 65.2 Å². The number of hydrogen-bond donors (Lipinski definition) is 0. The minimum atomic E-state index is -0.798. The molecule has 0 aromatic heterocycles. The highest BCUT2D eigenvalue weighted by atomic mass is 19.2. The Kier molecular flexibility index (Phi) is 8.27. The first-order valence-electron chi connectivity index (χ1n) is 14.9. The fourth-order valence-corrected chi connectivity index (χ4v) is 7.02. The Hall–Kier alpha value is -2.51. The number of ether oxygens (including phenoxy) is 1. The Morgan fingerprint density at radius 2 is 1.70 bits per heavy atom. The molecule has 1 amide bonds. The van der Waals surface area contributed by atoms with Crippen LogP contribution in [-0.2, 0) is 11.3 Å². The smallest absolute Gasteiger partial charge is 0.410 e. The average molecular weight is 554 g/mol. The van der Waals surface area contributed by atoms with Gasteiger partial charge in [-0.2, -0.15) is 0 Å². The number of carbonyl (C=O) groups is 1. The molecule has 40 heavy (non-hydrogen) atoms. The number of benzene rings is 2. The van der Waals surface area contributed by atoms with Crippen molar-refractivity contribution in [3.8, 4) is 0 Å². The van der Waals surface area contributed by atoms with Crippen molar-refractivity contribution in [2.24, 2.45) is 5.41 Å². The van der Waals surface area contributed by atoms with Gasteiger partial charge in [0, 0.05) is 51.4 Å². The standard InChI is InChI=1S/C33H45F2N3O2/c1-23(2)26-8-6-7-9-27(26)30-22-36(21-24-10-11-28(34)29(35)18-24)16-17-38(30)25-19-33(20-25)12-14-37(15-13-33)31(39)40-32(3,4)5/h6-11,18,23,25,30H,12-17,19-22H2,1-5H3/t30-/m0/s1. The molecule has 1 atom stereocenters. The quantitative estimate of drug-likeness (QED) is 0.395. The highest BCUT2D eigenvalue weighted by Gasteiger charge is 2.50. The van der Waals surface area contributed by atoms with E-state index in [9.17, 15) is 13.6 Å². The van der Waals surface area contributed by atoms with Crippen LogP contribution < -0.4 is 0 Å². The number of likely N-dealkylation sites (tertiary alicyclic amines) is 1. The van der Waals surface area contributed by atoms with E-state index in [2.05, 4.69) is 47.9 Å². The zero-order valence-corrected chi connectivity index (χ0v) is 24.8. The lowest BCUT2D eigenvalue weighted by Crippen LogP contribution is -2.60. The molecule has 7 heteroatoms. The monoisotopic (exact) mass is 553 g/mol. The molecule has 2 aromatic rings. The number of nitrogens with zero attached hydrogens (tertiary/aromatic N) is 3. The van der Waals surface area contributed by atoms with Crippen LogP contribution in [0.15, 0.2) is 42.5 Å². The van der Waals surface area contributed by atoms with Crippen molar-refractivity contribution >= 4 is 6.09 Å². The molecular formula is C33H45F2N3O2. The van der Waals surface area contributed by atoms with Crippen LogP contribution in [0.5, 0.6) is 0 Å². The summed E-state index contributed by atoms with van der Waals surface area (Å²) in [6, 6.07) is 13.8. The Labute approximate surface area is 238 Å². The van der Waals surface area contributed by atoms with Crippen LogP contribution >= 0.6 is 0 Å². The van der Waals surface area contributed by atoms with Crippen LogP contribution in [0.1, 0.15) is 89.0 Å². The first-order valence-corrected chi connectivity index (χ1v) is 14.9. The second-order valence-electron chi connectivity index (χ2n) is 13.6. The predicted octanol–water partition coefficient (Wildman–Crippen LogP) is 7.13. The summed E-state index contributed by atoms with van der Waals surface area (Å²) in [6.45, 7) is 15.1. The van der Waals surface area contributed by atoms with Crippen molar-refractivity contribution in [3.05, 3.63) is 70.8 Å². The van der Waals surface area contributed by atoms with E-state index in [4.69, 9.17) is 4.74 Å². The van der Waals surface area contributed by atoms with E-state index in [1.54, 1.807) is 6.07 Å². The number of halogens is 2. The average Bonchev–Trinajstić information content (AvgIpc) is 2.88. The van der Waals surface area contributed by atoms with E-state index < -0.39 is 17.2 Å². The van der Waals surface area contributed by atoms with Crippen molar-refractivity contribution in [1.82, 2.24) is 14.7 Å². The summed E-state index contributed by atoms with van der Waals surface area (Å²) in [6.07, 6.45) is 4.20. The lowest BCUT2D eigenvalue weighted by atomic mass is 9.59. The Bertz CT molecular complexity index is 1190. The molecule has 1 aliphatic carbocycles. The molecule has 2 heterocycles. The molecular weight excluding hydrogens is 508 g/mol. The van der Waals surface area contributed by atoms with Gasteiger partial charge in [-0.25, -0.2) is 13.6 Å². The highest BCUT2D eigenvalue weighted by Crippen LogP contribution is 2.53. The van der Waals surface area contributed by atoms with Gasteiger partial charge >= 0.3 is 6.09 Å². The molecule has 5 rings (SSSR count).